The summed E-state index contributed by atoms with van der Waals surface area (Å²) in [7, 11) is -3.53. The molecule has 0 atom stereocenters. The zero-order valence-corrected chi connectivity index (χ0v) is 13.7. The van der Waals surface area contributed by atoms with Crippen molar-refractivity contribution >= 4 is 21.6 Å². The van der Waals surface area contributed by atoms with Gasteiger partial charge >= 0.3 is 0 Å². The lowest BCUT2D eigenvalue weighted by Crippen LogP contribution is -3.14. The summed E-state index contributed by atoms with van der Waals surface area (Å²) in [5.41, 5.74) is 1.43. The number of ether oxygens (including phenoxy) is 1. The van der Waals surface area contributed by atoms with E-state index in [1.807, 2.05) is 0 Å². The second kappa shape index (κ2) is 6.96. The lowest BCUT2D eigenvalue weighted by Gasteiger charge is -2.23. The van der Waals surface area contributed by atoms with E-state index in [1.165, 1.54) is 11.0 Å². The Morgan fingerprint density at radius 2 is 2.04 bits per heavy atom. The molecular formula is C15H22N3O4S+. The summed E-state index contributed by atoms with van der Waals surface area (Å²) < 4.78 is 32.6. The Bertz CT molecular complexity index is 684. The van der Waals surface area contributed by atoms with Crippen molar-refractivity contribution in [1.29, 1.82) is 0 Å². The van der Waals surface area contributed by atoms with Crippen LogP contribution in [0.1, 0.15) is 12.0 Å². The van der Waals surface area contributed by atoms with Gasteiger partial charge in [-0.25, -0.2) is 13.1 Å². The summed E-state index contributed by atoms with van der Waals surface area (Å²) in [5, 5.41) is 2.70. The van der Waals surface area contributed by atoms with Crippen molar-refractivity contribution in [3.05, 3.63) is 23.8 Å². The molecule has 1 saturated heterocycles. The van der Waals surface area contributed by atoms with Crippen molar-refractivity contribution in [2.45, 2.75) is 17.7 Å². The summed E-state index contributed by atoms with van der Waals surface area (Å²) in [6, 6.07) is 4.75. The maximum atomic E-state index is 12.3. The average Bonchev–Trinajstić information content (AvgIpc) is 2.92. The van der Waals surface area contributed by atoms with Crippen LogP contribution in [-0.4, -0.2) is 53.7 Å². The topological polar surface area (TPSA) is 88.9 Å². The van der Waals surface area contributed by atoms with Crippen molar-refractivity contribution in [2.24, 2.45) is 0 Å². The molecule has 1 fully saturated rings. The molecule has 0 spiro atoms. The van der Waals surface area contributed by atoms with Gasteiger partial charge in [0.2, 0.25) is 15.9 Å². The smallest absolute Gasteiger partial charge is 0.240 e. The summed E-state index contributed by atoms with van der Waals surface area (Å²) in [5.74, 6) is -0.101. The van der Waals surface area contributed by atoms with E-state index in [0.717, 1.165) is 44.8 Å². The first-order valence-corrected chi connectivity index (χ1v) is 9.37. The average molecular weight is 340 g/mol. The molecule has 3 rings (SSSR count). The van der Waals surface area contributed by atoms with Crippen LogP contribution in [-0.2, 0) is 26.0 Å². The Hall–Kier alpha value is -1.48. The van der Waals surface area contributed by atoms with E-state index in [4.69, 9.17) is 4.74 Å². The van der Waals surface area contributed by atoms with Crippen LogP contribution in [0.25, 0.3) is 0 Å². The SMILES string of the molecule is O=C1Cc2cc(S(=O)(=O)NCCC[NH+]3CCOCC3)ccc2N1. The lowest BCUT2D eigenvalue weighted by molar-refractivity contribution is -0.908. The van der Waals surface area contributed by atoms with E-state index < -0.39 is 10.0 Å². The normalized spacial score (nSPS) is 18.7. The maximum Gasteiger partial charge on any atom is 0.240 e. The molecule has 1 aromatic carbocycles. The molecule has 7 nitrogen and oxygen atoms in total. The summed E-state index contributed by atoms with van der Waals surface area (Å²) >= 11 is 0. The number of nitrogens with one attached hydrogen (secondary N) is 3. The first-order chi connectivity index (χ1) is 11.0. The van der Waals surface area contributed by atoms with Gasteiger partial charge in [-0.3, -0.25) is 4.79 Å². The first kappa shape index (κ1) is 16.4. The van der Waals surface area contributed by atoms with Gasteiger partial charge in [-0.1, -0.05) is 0 Å². The van der Waals surface area contributed by atoms with Crippen LogP contribution in [0.15, 0.2) is 23.1 Å². The summed E-state index contributed by atoms with van der Waals surface area (Å²) in [6.45, 7) is 4.89. The molecule has 0 unspecified atom stereocenters. The molecule has 2 heterocycles. The number of fused-ring (bicyclic) bond motifs is 1. The molecule has 1 amide bonds. The van der Waals surface area contributed by atoms with Crippen molar-refractivity contribution in [3.63, 3.8) is 0 Å². The van der Waals surface area contributed by atoms with Gasteiger partial charge in [0.1, 0.15) is 13.1 Å². The van der Waals surface area contributed by atoms with Gasteiger partial charge in [-0.15, -0.1) is 0 Å². The number of hydrogen-bond donors (Lipinski definition) is 3. The van der Waals surface area contributed by atoms with Gasteiger partial charge in [0.15, 0.2) is 0 Å². The lowest BCUT2D eigenvalue weighted by atomic mass is 10.2. The minimum Gasteiger partial charge on any atom is -0.370 e. The highest BCUT2D eigenvalue weighted by atomic mass is 32.2. The zero-order valence-electron chi connectivity index (χ0n) is 12.9. The molecule has 2 aliphatic rings. The van der Waals surface area contributed by atoms with Gasteiger partial charge in [-0.05, 0) is 23.8 Å². The van der Waals surface area contributed by atoms with Crippen molar-refractivity contribution < 1.29 is 22.8 Å². The van der Waals surface area contributed by atoms with Crippen LogP contribution in [0, 0.1) is 0 Å². The second-order valence-electron chi connectivity index (χ2n) is 5.91. The number of rotatable bonds is 6. The molecule has 3 N–H and O–H groups in total. The van der Waals surface area contributed by atoms with Crippen molar-refractivity contribution in [2.75, 3.05) is 44.7 Å². The minimum absolute atomic E-state index is 0.101. The molecule has 126 valence electrons. The zero-order chi connectivity index (χ0) is 16.3. The minimum atomic E-state index is -3.53. The molecule has 8 heteroatoms. The number of carbonyl (C=O) groups is 1. The molecule has 2 aliphatic heterocycles. The molecule has 0 aliphatic carbocycles. The largest absolute Gasteiger partial charge is 0.370 e. The van der Waals surface area contributed by atoms with Gasteiger partial charge < -0.3 is 15.0 Å². The number of anilines is 1. The Morgan fingerprint density at radius 3 is 2.83 bits per heavy atom. The standard InChI is InChI=1S/C15H21N3O4S/c19-15-11-12-10-13(2-3-14(12)17-15)23(20,21)16-4-1-5-18-6-8-22-9-7-18/h2-3,10,16H,1,4-9,11H2,(H,17,19)/p+1. The number of amides is 1. The Kier molecular flexibility index (Phi) is 4.96. The van der Waals surface area contributed by atoms with Crippen LogP contribution in [0.4, 0.5) is 5.69 Å². The predicted molar refractivity (Wildman–Crippen MR) is 85.0 cm³/mol. The van der Waals surface area contributed by atoms with Crippen molar-refractivity contribution in [1.82, 2.24) is 4.72 Å². The van der Waals surface area contributed by atoms with Gasteiger partial charge in [0, 0.05) is 18.7 Å². The highest BCUT2D eigenvalue weighted by Gasteiger charge is 2.21. The third kappa shape index (κ3) is 4.08. The highest BCUT2D eigenvalue weighted by Crippen LogP contribution is 2.25. The van der Waals surface area contributed by atoms with E-state index in [0.29, 0.717) is 12.2 Å². The van der Waals surface area contributed by atoms with Crippen LogP contribution < -0.4 is 14.9 Å². The van der Waals surface area contributed by atoms with Crippen LogP contribution in [0.5, 0.6) is 0 Å². The van der Waals surface area contributed by atoms with Gasteiger partial charge in [0.05, 0.1) is 31.1 Å². The number of hydrogen-bond acceptors (Lipinski definition) is 4. The van der Waals surface area contributed by atoms with E-state index in [-0.39, 0.29) is 17.2 Å². The van der Waals surface area contributed by atoms with Gasteiger partial charge in [0.25, 0.3) is 0 Å². The number of carbonyl (C=O) groups excluding carboxylic acids is 1. The second-order valence-corrected chi connectivity index (χ2v) is 7.67. The van der Waals surface area contributed by atoms with E-state index >= 15 is 0 Å². The first-order valence-electron chi connectivity index (χ1n) is 7.88. The Labute approximate surface area is 136 Å². The third-order valence-corrected chi connectivity index (χ3v) is 5.67. The predicted octanol–water partition coefficient (Wildman–Crippen LogP) is -1.24. The molecule has 0 radical (unpaired) electrons. The molecule has 1 aromatic rings. The fourth-order valence-corrected chi connectivity index (χ4v) is 4.04. The molecule has 0 bridgehead atoms. The van der Waals surface area contributed by atoms with Crippen LogP contribution in [0.2, 0.25) is 0 Å². The fourth-order valence-electron chi connectivity index (χ4n) is 2.91. The number of quaternary nitrogens is 1. The summed E-state index contributed by atoms with van der Waals surface area (Å²) in [4.78, 5) is 13.0. The third-order valence-electron chi connectivity index (χ3n) is 4.21. The van der Waals surface area contributed by atoms with E-state index in [2.05, 4.69) is 10.0 Å². The number of morpholine rings is 1. The molecule has 0 saturated carbocycles. The molecule has 0 aromatic heterocycles. The molecular weight excluding hydrogens is 318 g/mol. The maximum absolute atomic E-state index is 12.3. The quantitative estimate of drug-likeness (QED) is 0.566. The monoisotopic (exact) mass is 340 g/mol. The van der Waals surface area contributed by atoms with Crippen molar-refractivity contribution in [3.8, 4) is 0 Å². The Balaban J connectivity index is 1.53. The number of sulfonamides is 1. The van der Waals surface area contributed by atoms with E-state index in [9.17, 15) is 13.2 Å². The fraction of sp³-hybridized carbons (Fsp3) is 0.533. The van der Waals surface area contributed by atoms with E-state index in [1.54, 1.807) is 12.1 Å². The summed E-state index contributed by atoms with van der Waals surface area (Å²) in [6.07, 6.45) is 1.03. The Morgan fingerprint density at radius 1 is 1.26 bits per heavy atom. The highest BCUT2D eigenvalue weighted by molar-refractivity contribution is 7.89. The van der Waals surface area contributed by atoms with Crippen LogP contribution >= 0.6 is 0 Å². The van der Waals surface area contributed by atoms with Crippen LogP contribution in [0.3, 0.4) is 0 Å². The van der Waals surface area contributed by atoms with Gasteiger partial charge in [-0.2, -0.15) is 0 Å². The number of benzene rings is 1. The molecule has 23 heavy (non-hydrogen) atoms.